The Morgan fingerprint density at radius 3 is 2.50 bits per heavy atom. The van der Waals surface area contributed by atoms with Crippen LogP contribution in [-0.4, -0.2) is 19.2 Å². The summed E-state index contributed by atoms with van der Waals surface area (Å²) in [6.45, 7) is 1.46. The van der Waals surface area contributed by atoms with E-state index in [0.717, 1.165) is 24.8 Å². The van der Waals surface area contributed by atoms with Gasteiger partial charge in [-0.05, 0) is 30.3 Å². The molecule has 0 aromatic heterocycles. The normalized spacial score (nSPS) is 15.2. The van der Waals surface area contributed by atoms with Crippen molar-refractivity contribution in [2.45, 2.75) is 18.9 Å². The molecule has 0 spiro atoms. The third kappa shape index (κ3) is 3.60. The molecule has 124 valence electrons. The summed E-state index contributed by atoms with van der Waals surface area (Å²) in [6, 6.07) is 10.7. The van der Waals surface area contributed by atoms with Crippen molar-refractivity contribution in [1.82, 2.24) is 0 Å². The number of benzene rings is 2. The SMILES string of the molecule is N#Cc1ccc(N2CCC(Oc3ccc(F)cc3F)CC2)cc1Cl. The van der Waals surface area contributed by atoms with Gasteiger partial charge >= 0.3 is 0 Å². The van der Waals surface area contributed by atoms with Gasteiger partial charge in [0.2, 0.25) is 0 Å². The highest BCUT2D eigenvalue weighted by molar-refractivity contribution is 6.32. The number of nitrogens with zero attached hydrogens (tertiary/aromatic N) is 2. The Bertz CT molecular complexity index is 783. The van der Waals surface area contributed by atoms with Crippen molar-refractivity contribution in [1.29, 1.82) is 5.26 Å². The first-order valence-electron chi connectivity index (χ1n) is 7.63. The molecular formula is C18H15ClF2N2O. The highest BCUT2D eigenvalue weighted by Crippen LogP contribution is 2.28. The first-order chi connectivity index (χ1) is 11.6. The number of nitriles is 1. The van der Waals surface area contributed by atoms with E-state index in [4.69, 9.17) is 21.6 Å². The van der Waals surface area contributed by atoms with Gasteiger partial charge in [-0.3, -0.25) is 0 Å². The second kappa shape index (κ2) is 7.06. The summed E-state index contributed by atoms with van der Waals surface area (Å²) in [4.78, 5) is 2.15. The van der Waals surface area contributed by atoms with E-state index in [1.54, 1.807) is 12.1 Å². The molecule has 1 saturated heterocycles. The average molecular weight is 349 g/mol. The fourth-order valence-electron chi connectivity index (χ4n) is 2.77. The average Bonchev–Trinajstić information content (AvgIpc) is 2.58. The molecule has 24 heavy (non-hydrogen) atoms. The maximum absolute atomic E-state index is 13.6. The Balaban J connectivity index is 1.61. The number of halogens is 3. The summed E-state index contributed by atoms with van der Waals surface area (Å²) < 4.78 is 32.2. The molecule has 0 unspecified atom stereocenters. The molecule has 1 aliphatic heterocycles. The zero-order valence-corrected chi connectivity index (χ0v) is 13.6. The zero-order valence-electron chi connectivity index (χ0n) is 12.8. The standard InChI is InChI=1S/C18H15ClF2N2O/c19-16-10-14(3-1-12(16)11-22)23-7-5-15(6-8-23)24-18-4-2-13(20)9-17(18)21/h1-4,9-10,15H,5-8H2. The number of rotatable bonds is 3. The van der Waals surface area contributed by atoms with Gasteiger partial charge in [0.05, 0.1) is 10.6 Å². The van der Waals surface area contributed by atoms with Gasteiger partial charge in [0.1, 0.15) is 18.0 Å². The van der Waals surface area contributed by atoms with E-state index in [1.807, 2.05) is 12.1 Å². The number of piperidine rings is 1. The molecular weight excluding hydrogens is 334 g/mol. The minimum Gasteiger partial charge on any atom is -0.487 e. The van der Waals surface area contributed by atoms with Gasteiger partial charge in [0.25, 0.3) is 0 Å². The molecule has 0 N–H and O–H groups in total. The molecule has 3 rings (SSSR count). The predicted octanol–water partition coefficient (Wildman–Crippen LogP) is 4.54. The van der Waals surface area contributed by atoms with Gasteiger partial charge < -0.3 is 9.64 Å². The van der Waals surface area contributed by atoms with Gasteiger partial charge in [0, 0.05) is 37.7 Å². The van der Waals surface area contributed by atoms with E-state index >= 15 is 0 Å². The molecule has 0 radical (unpaired) electrons. The van der Waals surface area contributed by atoms with E-state index in [9.17, 15) is 8.78 Å². The Hall–Kier alpha value is -2.32. The van der Waals surface area contributed by atoms with Gasteiger partial charge in [-0.15, -0.1) is 0 Å². The van der Waals surface area contributed by atoms with Gasteiger partial charge in [-0.2, -0.15) is 5.26 Å². The van der Waals surface area contributed by atoms with Crippen molar-refractivity contribution in [3.8, 4) is 11.8 Å². The molecule has 0 atom stereocenters. The largest absolute Gasteiger partial charge is 0.487 e. The van der Waals surface area contributed by atoms with Crippen LogP contribution in [0.15, 0.2) is 36.4 Å². The lowest BCUT2D eigenvalue weighted by atomic mass is 10.1. The van der Waals surface area contributed by atoms with Crippen molar-refractivity contribution < 1.29 is 13.5 Å². The molecule has 0 amide bonds. The van der Waals surface area contributed by atoms with E-state index in [-0.39, 0.29) is 11.9 Å². The third-order valence-electron chi connectivity index (χ3n) is 4.07. The summed E-state index contributed by atoms with van der Waals surface area (Å²) in [5.41, 5.74) is 1.40. The van der Waals surface area contributed by atoms with Crippen LogP contribution >= 0.6 is 11.6 Å². The molecule has 1 aliphatic rings. The molecule has 0 saturated carbocycles. The number of anilines is 1. The topological polar surface area (TPSA) is 36.3 Å². The zero-order chi connectivity index (χ0) is 17.1. The summed E-state index contributed by atoms with van der Waals surface area (Å²) in [5, 5.41) is 9.35. The van der Waals surface area contributed by atoms with Crippen LogP contribution in [-0.2, 0) is 0 Å². The lowest BCUT2D eigenvalue weighted by molar-refractivity contribution is 0.163. The number of hydrogen-bond acceptors (Lipinski definition) is 3. The second-order valence-electron chi connectivity index (χ2n) is 5.65. The maximum Gasteiger partial charge on any atom is 0.167 e. The fourth-order valence-corrected chi connectivity index (χ4v) is 2.99. The molecule has 6 heteroatoms. The maximum atomic E-state index is 13.6. The molecule has 0 bridgehead atoms. The molecule has 1 fully saturated rings. The summed E-state index contributed by atoms with van der Waals surface area (Å²) in [5.74, 6) is -1.22. The quantitative estimate of drug-likeness (QED) is 0.817. The Morgan fingerprint density at radius 2 is 1.88 bits per heavy atom. The van der Waals surface area contributed by atoms with Crippen molar-refractivity contribution >= 4 is 17.3 Å². The smallest absolute Gasteiger partial charge is 0.167 e. The second-order valence-corrected chi connectivity index (χ2v) is 6.06. The molecule has 1 heterocycles. The monoisotopic (exact) mass is 348 g/mol. The molecule has 0 aliphatic carbocycles. The van der Waals surface area contributed by atoms with Crippen LogP contribution in [0.5, 0.6) is 5.75 Å². The summed E-state index contributed by atoms with van der Waals surface area (Å²) in [6.07, 6.45) is 1.32. The fraction of sp³-hybridized carbons (Fsp3) is 0.278. The van der Waals surface area contributed by atoms with Gasteiger partial charge in [-0.25, -0.2) is 8.78 Å². The van der Waals surface area contributed by atoms with Crippen LogP contribution in [0, 0.1) is 23.0 Å². The highest BCUT2D eigenvalue weighted by atomic mass is 35.5. The van der Waals surface area contributed by atoms with Gasteiger partial charge in [-0.1, -0.05) is 11.6 Å². The number of ether oxygens (including phenoxy) is 1. The highest BCUT2D eigenvalue weighted by Gasteiger charge is 2.22. The van der Waals surface area contributed by atoms with Crippen LogP contribution in [0.1, 0.15) is 18.4 Å². The van der Waals surface area contributed by atoms with Crippen molar-refractivity contribution in [3.63, 3.8) is 0 Å². The van der Waals surface area contributed by atoms with Crippen LogP contribution in [0.4, 0.5) is 14.5 Å². The lowest BCUT2D eigenvalue weighted by Gasteiger charge is -2.33. The van der Waals surface area contributed by atoms with Crippen LogP contribution in [0.3, 0.4) is 0 Å². The Kier molecular flexibility index (Phi) is 4.86. The van der Waals surface area contributed by atoms with Gasteiger partial charge in [0.15, 0.2) is 11.6 Å². The van der Waals surface area contributed by atoms with E-state index < -0.39 is 11.6 Å². The Morgan fingerprint density at radius 1 is 1.12 bits per heavy atom. The summed E-state index contributed by atoms with van der Waals surface area (Å²) in [7, 11) is 0. The van der Waals surface area contributed by atoms with Crippen molar-refractivity contribution in [2.24, 2.45) is 0 Å². The van der Waals surface area contributed by atoms with Crippen LogP contribution in [0.25, 0.3) is 0 Å². The first-order valence-corrected chi connectivity index (χ1v) is 8.01. The minimum atomic E-state index is -0.684. The lowest BCUT2D eigenvalue weighted by Crippen LogP contribution is -2.38. The molecule has 2 aromatic rings. The third-order valence-corrected chi connectivity index (χ3v) is 4.38. The van der Waals surface area contributed by atoms with E-state index in [2.05, 4.69) is 4.90 Å². The number of hydrogen-bond donors (Lipinski definition) is 0. The van der Waals surface area contributed by atoms with E-state index in [0.29, 0.717) is 23.4 Å². The Labute approximate surface area is 144 Å². The minimum absolute atomic E-state index is 0.0799. The molecule has 2 aromatic carbocycles. The van der Waals surface area contributed by atoms with Crippen LogP contribution in [0.2, 0.25) is 5.02 Å². The van der Waals surface area contributed by atoms with E-state index in [1.165, 1.54) is 12.1 Å². The summed E-state index contributed by atoms with van der Waals surface area (Å²) >= 11 is 6.07. The van der Waals surface area contributed by atoms with Crippen molar-refractivity contribution in [2.75, 3.05) is 18.0 Å². The van der Waals surface area contributed by atoms with Crippen LogP contribution < -0.4 is 9.64 Å². The van der Waals surface area contributed by atoms with Crippen molar-refractivity contribution in [3.05, 3.63) is 58.6 Å². The molecule has 3 nitrogen and oxygen atoms in total. The predicted molar refractivity (Wildman–Crippen MR) is 88.4 cm³/mol. The first kappa shape index (κ1) is 16.5.